The molecule has 2 unspecified atom stereocenters. The van der Waals surface area contributed by atoms with Crippen LogP contribution in [0.4, 0.5) is 10.1 Å². The summed E-state index contributed by atoms with van der Waals surface area (Å²) in [6, 6.07) is 21.9. The third-order valence-corrected chi connectivity index (χ3v) is 6.47. The van der Waals surface area contributed by atoms with Gasteiger partial charge in [0.25, 0.3) is 0 Å². The first-order chi connectivity index (χ1) is 17.5. The van der Waals surface area contributed by atoms with Crippen molar-refractivity contribution in [3.8, 4) is 11.4 Å². The summed E-state index contributed by atoms with van der Waals surface area (Å²) in [4.78, 5) is 19.3. The van der Waals surface area contributed by atoms with E-state index in [0.29, 0.717) is 17.3 Å². The van der Waals surface area contributed by atoms with Gasteiger partial charge in [0.1, 0.15) is 11.6 Å². The van der Waals surface area contributed by atoms with Crippen molar-refractivity contribution in [3.05, 3.63) is 108 Å². The molecule has 2 aromatic heterocycles. The first-order valence-electron chi connectivity index (χ1n) is 11.5. The molecule has 1 aliphatic rings. The standard InChI is InChI=1S/C27H24FN5O2S/c28-18-6-8-19(9-7-18)30-24(35)14-17-33-26(25(31-27(33)36)22-4-1-2-15-29-22)23-5-3-16-32(23)20-10-12-21(34)13-11-20/h1-13,15-16,25-26,34H,14,17H2,(H,30,35)(H,31,36). The number of pyridine rings is 1. The van der Waals surface area contributed by atoms with Crippen LogP contribution in [0.25, 0.3) is 5.69 Å². The molecule has 4 aromatic rings. The number of carbonyl (C=O) groups is 1. The maximum absolute atomic E-state index is 13.2. The maximum atomic E-state index is 13.2. The van der Waals surface area contributed by atoms with Gasteiger partial charge >= 0.3 is 0 Å². The van der Waals surface area contributed by atoms with Crippen molar-refractivity contribution in [1.29, 1.82) is 0 Å². The lowest BCUT2D eigenvalue weighted by atomic mass is 10.0. The minimum absolute atomic E-state index is 0.185. The van der Waals surface area contributed by atoms with Gasteiger partial charge in [-0.1, -0.05) is 6.07 Å². The molecule has 0 bridgehead atoms. The molecule has 1 fully saturated rings. The summed E-state index contributed by atoms with van der Waals surface area (Å²) in [7, 11) is 0. The van der Waals surface area contributed by atoms with E-state index < -0.39 is 0 Å². The van der Waals surface area contributed by atoms with Crippen molar-refractivity contribution in [2.24, 2.45) is 0 Å². The van der Waals surface area contributed by atoms with Crippen LogP contribution < -0.4 is 10.6 Å². The van der Waals surface area contributed by atoms with Gasteiger partial charge in [-0.3, -0.25) is 9.78 Å². The molecule has 0 saturated carbocycles. The highest BCUT2D eigenvalue weighted by molar-refractivity contribution is 7.80. The van der Waals surface area contributed by atoms with Gasteiger partial charge in [0.05, 0.1) is 17.8 Å². The Morgan fingerprint density at radius 1 is 1.06 bits per heavy atom. The molecule has 2 aromatic carbocycles. The molecule has 1 amide bonds. The Balaban J connectivity index is 1.43. The predicted octanol–water partition coefficient (Wildman–Crippen LogP) is 4.72. The van der Waals surface area contributed by atoms with Crippen LogP contribution in [-0.2, 0) is 4.79 Å². The van der Waals surface area contributed by atoms with Crippen molar-refractivity contribution >= 4 is 28.9 Å². The average molecular weight is 502 g/mol. The zero-order chi connectivity index (χ0) is 25.1. The third-order valence-electron chi connectivity index (χ3n) is 6.12. The van der Waals surface area contributed by atoms with Crippen LogP contribution in [0.2, 0.25) is 0 Å². The number of aromatic nitrogens is 2. The molecule has 5 rings (SSSR count). The van der Waals surface area contributed by atoms with E-state index in [1.807, 2.05) is 58.1 Å². The van der Waals surface area contributed by atoms with Crippen LogP contribution in [0.1, 0.15) is 29.9 Å². The highest BCUT2D eigenvalue weighted by Gasteiger charge is 2.41. The molecule has 36 heavy (non-hydrogen) atoms. The second-order valence-electron chi connectivity index (χ2n) is 8.44. The number of amides is 1. The predicted molar refractivity (Wildman–Crippen MR) is 139 cm³/mol. The lowest BCUT2D eigenvalue weighted by Gasteiger charge is -2.28. The Labute approximate surface area is 213 Å². The quantitative estimate of drug-likeness (QED) is 0.318. The van der Waals surface area contributed by atoms with Crippen molar-refractivity contribution in [2.45, 2.75) is 18.5 Å². The molecular formula is C27H24FN5O2S. The molecule has 2 atom stereocenters. The number of phenols is 1. The van der Waals surface area contributed by atoms with Crippen LogP contribution in [0.3, 0.4) is 0 Å². The summed E-state index contributed by atoms with van der Waals surface area (Å²) >= 11 is 5.71. The molecule has 0 aliphatic carbocycles. The molecule has 0 radical (unpaired) electrons. The van der Waals surface area contributed by atoms with Crippen LogP contribution in [0.5, 0.6) is 5.75 Å². The number of aromatic hydroxyl groups is 1. The minimum Gasteiger partial charge on any atom is -0.508 e. The monoisotopic (exact) mass is 501 g/mol. The summed E-state index contributed by atoms with van der Waals surface area (Å²) in [5, 5.41) is 16.5. The van der Waals surface area contributed by atoms with Gasteiger partial charge in [-0.05, 0) is 85.0 Å². The van der Waals surface area contributed by atoms with E-state index >= 15 is 0 Å². The number of anilines is 1. The van der Waals surface area contributed by atoms with Crippen LogP contribution in [0, 0.1) is 5.82 Å². The van der Waals surface area contributed by atoms with E-state index in [-0.39, 0.29) is 36.0 Å². The van der Waals surface area contributed by atoms with E-state index in [9.17, 15) is 14.3 Å². The first-order valence-corrected chi connectivity index (χ1v) is 11.9. The zero-order valence-corrected chi connectivity index (χ0v) is 20.0. The van der Waals surface area contributed by atoms with Crippen molar-refractivity contribution in [3.63, 3.8) is 0 Å². The molecule has 3 N–H and O–H groups in total. The fraction of sp³-hybridized carbons (Fsp3) is 0.148. The Kier molecular flexibility index (Phi) is 6.64. The van der Waals surface area contributed by atoms with Gasteiger partial charge in [-0.25, -0.2) is 4.39 Å². The largest absolute Gasteiger partial charge is 0.508 e. The SMILES string of the molecule is O=C(CCN1C(=S)NC(c2ccccn2)C1c1cccn1-c1ccc(O)cc1)Nc1ccc(F)cc1. The Morgan fingerprint density at radius 2 is 1.83 bits per heavy atom. The summed E-state index contributed by atoms with van der Waals surface area (Å²) in [5.74, 6) is -0.365. The highest BCUT2D eigenvalue weighted by Crippen LogP contribution is 2.39. The summed E-state index contributed by atoms with van der Waals surface area (Å²) in [6.45, 7) is 0.369. The lowest BCUT2D eigenvalue weighted by molar-refractivity contribution is -0.116. The number of phenolic OH excluding ortho intramolecular Hbond substituents is 1. The first kappa shape index (κ1) is 23.5. The van der Waals surface area contributed by atoms with Gasteiger partial charge in [-0.2, -0.15) is 0 Å². The number of nitrogens with zero attached hydrogens (tertiary/aromatic N) is 3. The molecule has 7 nitrogen and oxygen atoms in total. The number of carbonyl (C=O) groups excluding carboxylic acids is 1. The summed E-state index contributed by atoms with van der Waals surface area (Å²) < 4.78 is 15.2. The smallest absolute Gasteiger partial charge is 0.226 e. The summed E-state index contributed by atoms with van der Waals surface area (Å²) in [5.41, 5.74) is 3.22. The number of rotatable bonds is 7. The number of hydrogen-bond donors (Lipinski definition) is 3. The molecule has 1 aliphatic heterocycles. The fourth-order valence-corrected chi connectivity index (χ4v) is 4.76. The Morgan fingerprint density at radius 3 is 2.56 bits per heavy atom. The van der Waals surface area contributed by atoms with E-state index in [2.05, 4.69) is 15.6 Å². The summed E-state index contributed by atoms with van der Waals surface area (Å²) in [6.07, 6.45) is 3.89. The number of nitrogens with one attached hydrogen (secondary N) is 2. The average Bonchev–Trinajstić information content (AvgIpc) is 3.49. The Bertz CT molecular complexity index is 1360. The lowest BCUT2D eigenvalue weighted by Crippen LogP contribution is -2.33. The van der Waals surface area contributed by atoms with Crippen LogP contribution in [0.15, 0.2) is 91.3 Å². The fourth-order valence-electron chi connectivity index (χ4n) is 4.43. The van der Waals surface area contributed by atoms with E-state index in [4.69, 9.17) is 12.2 Å². The second kappa shape index (κ2) is 10.2. The van der Waals surface area contributed by atoms with Crippen molar-refractivity contribution in [2.75, 3.05) is 11.9 Å². The number of halogens is 1. The Hall–Kier alpha value is -4.24. The van der Waals surface area contributed by atoms with Gasteiger partial charge in [-0.15, -0.1) is 0 Å². The van der Waals surface area contributed by atoms with Crippen molar-refractivity contribution in [1.82, 2.24) is 19.8 Å². The topological polar surface area (TPSA) is 82.4 Å². The second-order valence-corrected chi connectivity index (χ2v) is 8.83. The normalized spacial score (nSPS) is 17.1. The van der Waals surface area contributed by atoms with E-state index in [1.165, 1.54) is 24.3 Å². The maximum Gasteiger partial charge on any atom is 0.226 e. The molecule has 9 heteroatoms. The highest BCUT2D eigenvalue weighted by atomic mass is 32.1. The molecule has 0 spiro atoms. The number of benzene rings is 2. The van der Waals surface area contributed by atoms with E-state index in [1.54, 1.807) is 18.3 Å². The van der Waals surface area contributed by atoms with Crippen LogP contribution in [-0.4, -0.2) is 37.1 Å². The molecular weight excluding hydrogens is 477 g/mol. The number of thiocarbonyl (C=S) groups is 1. The third kappa shape index (κ3) is 4.92. The van der Waals surface area contributed by atoms with Crippen LogP contribution >= 0.6 is 12.2 Å². The van der Waals surface area contributed by atoms with Gasteiger partial charge in [0, 0.05) is 42.4 Å². The van der Waals surface area contributed by atoms with Gasteiger partial charge in [0.2, 0.25) is 5.91 Å². The zero-order valence-electron chi connectivity index (χ0n) is 19.2. The molecule has 3 heterocycles. The van der Waals surface area contributed by atoms with Gasteiger partial charge < -0.3 is 25.2 Å². The van der Waals surface area contributed by atoms with E-state index in [0.717, 1.165) is 17.1 Å². The minimum atomic E-state index is -0.360. The number of hydrogen-bond acceptors (Lipinski definition) is 4. The van der Waals surface area contributed by atoms with Gasteiger partial charge in [0.15, 0.2) is 5.11 Å². The van der Waals surface area contributed by atoms with Crippen molar-refractivity contribution < 1.29 is 14.3 Å². The molecule has 1 saturated heterocycles. The molecule has 182 valence electrons.